The Morgan fingerprint density at radius 1 is 0.667 bits per heavy atom. The van der Waals surface area contributed by atoms with Gasteiger partial charge in [0.05, 0.1) is 14.2 Å². The lowest BCUT2D eigenvalue weighted by molar-refractivity contribution is 0.216. The Labute approximate surface area is 125 Å². The molecule has 21 heavy (non-hydrogen) atoms. The first-order valence-corrected chi connectivity index (χ1v) is 6.76. The molecule has 0 aliphatic heterocycles. The highest BCUT2D eigenvalue weighted by atomic mass is 16.5. The third-order valence-electron chi connectivity index (χ3n) is 2.94. The molecule has 0 aromatic heterocycles. The summed E-state index contributed by atoms with van der Waals surface area (Å²) in [4.78, 5) is 0. The monoisotopic (exact) mass is 288 g/mol. The molecule has 2 aromatic rings. The third-order valence-corrected chi connectivity index (χ3v) is 2.94. The van der Waals surface area contributed by atoms with Crippen LogP contribution in [0.1, 0.15) is 5.56 Å². The zero-order valence-corrected chi connectivity index (χ0v) is 12.6. The molecule has 112 valence electrons. The summed E-state index contributed by atoms with van der Waals surface area (Å²) in [5, 5.41) is 0. The van der Waals surface area contributed by atoms with Gasteiger partial charge in [0, 0.05) is 6.07 Å². The summed E-state index contributed by atoms with van der Waals surface area (Å²) in [6, 6.07) is 13.3. The molecule has 4 nitrogen and oxygen atoms in total. The Bertz CT molecular complexity index is 564. The molecular weight excluding hydrogens is 268 g/mol. The average molecular weight is 288 g/mol. The van der Waals surface area contributed by atoms with Crippen molar-refractivity contribution in [3.8, 4) is 23.0 Å². The molecule has 0 N–H and O–H groups in total. The molecule has 0 aliphatic rings. The first kappa shape index (κ1) is 15.0. The fourth-order valence-electron chi connectivity index (χ4n) is 1.91. The highest BCUT2D eigenvalue weighted by Gasteiger charge is 2.00. The van der Waals surface area contributed by atoms with Crippen LogP contribution in [0.4, 0.5) is 0 Å². The van der Waals surface area contributed by atoms with Crippen LogP contribution in [0.3, 0.4) is 0 Å². The van der Waals surface area contributed by atoms with Crippen LogP contribution in [0.15, 0.2) is 42.5 Å². The predicted molar refractivity (Wildman–Crippen MR) is 81.7 cm³/mol. The largest absolute Gasteiger partial charge is 0.497 e. The van der Waals surface area contributed by atoms with Gasteiger partial charge in [-0.3, -0.25) is 0 Å². The van der Waals surface area contributed by atoms with Gasteiger partial charge in [0.2, 0.25) is 0 Å². The number of rotatable bonds is 7. The Kier molecular flexibility index (Phi) is 5.32. The molecule has 2 aromatic carbocycles. The third kappa shape index (κ3) is 4.60. The van der Waals surface area contributed by atoms with Crippen LogP contribution in [-0.4, -0.2) is 27.4 Å². The molecule has 2 rings (SSSR count). The van der Waals surface area contributed by atoms with Gasteiger partial charge in [-0.25, -0.2) is 0 Å². The quantitative estimate of drug-likeness (QED) is 0.731. The fourth-order valence-corrected chi connectivity index (χ4v) is 1.91. The second-order valence-electron chi connectivity index (χ2n) is 4.56. The van der Waals surface area contributed by atoms with Crippen molar-refractivity contribution < 1.29 is 18.9 Å². The molecule has 0 aliphatic carbocycles. The van der Waals surface area contributed by atoms with Crippen molar-refractivity contribution in [2.45, 2.75) is 6.92 Å². The molecule has 0 heterocycles. The molecular formula is C17H20O4. The number of benzene rings is 2. The molecule has 0 spiro atoms. The summed E-state index contributed by atoms with van der Waals surface area (Å²) in [5.41, 5.74) is 1.10. The van der Waals surface area contributed by atoms with Gasteiger partial charge in [-0.05, 0) is 48.9 Å². The summed E-state index contributed by atoms with van der Waals surface area (Å²) >= 11 is 0. The number of ether oxygens (including phenoxy) is 4. The van der Waals surface area contributed by atoms with Crippen molar-refractivity contribution in [3.63, 3.8) is 0 Å². The van der Waals surface area contributed by atoms with E-state index in [0.717, 1.165) is 28.6 Å². The Balaban J connectivity index is 1.80. The predicted octanol–water partition coefficient (Wildman–Crippen LogP) is 3.47. The average Bonchev–Trinajstić information content (AvgIpc) is 2.51. The van der Waals surface area contributed by atoms with Gasteiger partial charge in [0.15, 0.2) is 0 Å². The number of hydrogen-bond donors (Lipinski definition) is 0. The van der Waals surface area contributed by atoms with Gasteiger partial charge in [0.1, 0.15) is 36.2 Å². The maximum atomic E-state index is 5.67. The van der Waals surface area contributed by atoms with E-state index in [1.165, 1.54) is 0 Å². The number of hydrogen-bond acceptors (Lipinski definition) is 4. The molecule has 0 amide bonds. The van der Waals surface area contributed by atoms with Crippen LogP contribution >= 0.6 is 0 Å². The summed E-state index contributed by atoms with van der Waals surface area (Å²) in [6.45, 7) is 2.95. The standard InChI is InChI=1S/C17H20O4/c1-13-10-16(19-3)12-17(11-13)21-9-8-20-15-6-4-14(18-2)5-7-15/h4-7,10-12H,8-9H2,1-3H3. The van der Waals surface area contributed by atoms with Crippen molar-refractivity contribution in [2.75, 3.05) is 27.4 Å². The minimum absolute atomic E-state index is 0.471. The van der Waals surface area contributed by atoms with Gasteiger partial charge < -0.3 is 18.9 Å². The second kappa shape index (κ2) is 7.43. The zero-order chi connectivity index (χ0) is 15.1. The lowest BCUT2D eigenvalue weighted by Crippen LogP contribution is -2.09. The van der Waals surface area contributed by atoms with E-state index < -0.39 is 0 Å². The highest BCUT2D eigenvalue weighted by molar-refractivity contribution is 5.37. The van der Waals surface area contributed by atoms with Crippen LogP contribution < -0.4 is 18.9 Å². The summed E-state index contributed by atoms with van der Waals surface area (Å²) < 4.78 is 21.6. The van der Waals surface area contributed by atoms with Crippen molar-refractivity contribution >= 4 is 0 Å². The Hall–Kier alpha value is -2.36. The first-order valence-electron chi connectivity index (χ1n) is 6.76. The van der Waals surface area contributed by atoms with Gasteiger partial charge in [-0.15, -0.1) is 0 Å². The van der Waals surface area contributed by atoms with Crippen LogP contribution in [0.25, 0.3) is 0 Å². The molecule has 0 fully saturated rings. The molecule has 0 saturated carbocycles. The molecule has 4 heteroatoms. The maximum absolute atomic E-state index is 5.67. The summed E-state index contributed by atoms with van der Waals surface area (Å²) in [6.07, 6.45) is 0. The highest BCUT2D eigenvalue weighted by Crippen LogP contribution is 2.22. The van der Waals surface area contributed by atoms with Crippen LogP contribution in [0.2, 0.25) is 0 Å². The molecule has 0 unspecified atom stereocenters. The molecule has 0 bridgehead atoms. The number of aryl methyl sites for hydroxylation is 1. The maximum Gasteiger partial charge on any atom is 0.123 e. The summed E-state index contributed by atoms with van der Waals surface area (Å²) in [5.74, 6) is 3.18. The van der Waals surface area contributed by atoms with Crippen LogP contribution in [-0.2, 0) is 0 Å². The Morgan fingerprint density at radius 3 is 1.81 bits per heavy atom. The van der Waals surface area contributed by atoms with Gasteiger partial charge in [0.25, 0.3) is 0 Å². The van der Waals surface area contributed by atoms with Crippen LogP contribution in [0.5, 0.6) is 23.0 Å². The van der Waals surface area contributed by atoms with E-state index in [0.29, 0.717) is 13.2 Å². The summed E-state index contributed by atoms with van der Waals surface area (Å²) in [7, 11) is 3.28. The van der Waals surface area contributed by atoms with E-state index >= 15 is 0 Å². The van der Waals surface area contributed by atoms with E-state index in [2.05, 4.69) is 0 Å². The zero-order valence-electron chi connectivity index (χ0n) is 12.6. The lowest BCUT2D eigenvalue weighted by atomic mass is 10.2. The van der Waals surface area contributed by atoms with Gasteiger partial charge in [-0.1, -0.05) is 0 Å². The van der Waals surface area contributed by atoms with Crippen LogP contribution in [0, 0.1) is 6.92 Å². The second-order valence-corrected chi connectivity index (χ2v) is 4.56. The molecule has 0 radical (unpaired) electrons. The Morgan fingerprint density at radius 2 is 1.19 bits per heavy atom. The fraction of sp³-hybridized carbons (Fsp3) is 0.294. The van der Waals surface area contributed by atoms with Gasteiger partial charge in [-0.2, -0.15) is 0 Å². The van der Waals surface area contributed by atoms with E-state index in [9.17, 15) is 0 Å². The number of methoxy groups -OCH3 is 2. The lowest BCUT2D eigenvalue weighted by Gasteiger charge is -2.10. The van der Waals surface area contributed by atoms with Crippen molar-refractivity contribution in [3.05, 3.63) is 48.0 Å². The molecule has 0 atom stereocenters. The van der Waals surface area contributed by atoms with E-state index in [1.807, 2.05) is 49.4 Å². The SMILES string of the molecule is COc1ccc(OCCOc2cc(C)cc(OC)c2)cc1. The van der Waals surface area contributed by atoms with E-state index in [-0.39, 0.29) is 0 Å². The normalized spacial score (nSPS) is 10.0. The van der Waals surface area contributed by atoms with E-state index in [1.54, 1.807) is 14.2 Å². The smallest absolute Gasteiger partial charge is 0.123 e. The minimum Gasteiger partial charge on any atom is -0.497 e. The van der Waals surface area contributed by atoms with E-state index in [4.69, 9.17) is 18.9 Å². The van der Waals surface area contributed by atoms with Gasteiger partial charge >= 0.3 is 0 Å². The topological polar surface area (TPSA) is 36.9 Å². The minimum atomic E-state index is 0.471. The van der Waals surface area contributed by atoms with Crippen molar-refractivity contribution in [2.24, 2.45) is 0 Å². The first-order chi connectivity index (χ1) is 10.2. The van der Waals surface area contributed by atoms with Crippen molar-refractivity contribution in [1.82, 2.24) is 0 Å². The molecule has 0 saturated heterocycles. The van der Waals surface area contributed by atoms with Crippen molar-refractivity contribution in [1.29, 1.82) is 0 Å².